The first-order chi connectivity index (χ1) is 44.8. The van der Waals surface area contributed by atoms with Crippen LogP contribution < -0.4 is 20.9 Å². The van der Waals surface area contributed by atoms with Crippen LogP contribution in [0.25, 0.3) is 10.9 Å². The van der Waals surface area contributed by atoms with Crippen LogP contribution in [-0.2, 0) is 49.6 Å². The number of aryl methyl sites for hydroxylation is 1. The third kappa shape index (κ3) is 24.5. The van der Waals surface area contributed by atoms with Crippen molar-refractivity contribution in [2.45, 2.75) is 107 Å². The van der Waals surface area contributed by atoms with Crippen LogP contribution in [0.1, 0.15) is 86.6 Å². The van der Waals surface area contributed by atoms with Gasteiger partial charge in [0.25, 0.3) is 11.8 Å². The van der Waals surface area contributed by atoms with Crippen molar-refractivity contribution < 1.29 is 82.3 Å². The first kappa shape index (κ1) is 75.3. The number of unbranched alkanes of at least 4 members (excludes halogenated alkanes) is 1. The molecule has 2 aromatic carbocycles. The molecular weight excluding hydrogens is 1340 g/mol. The quantitative estimate of drug-likeness (QED) is 0.0319. The Bertz CT molecular complexity index is 3120. The topological polar surface area (TPSA) is 371 Å². The lowest BCUT2D eigenvalue weighted by molar-refractivity contribution is -0.146. The van der Waals surface area contributed by atoms with Crippen molar-refractivity contribution in [2.24, 2.45) is 0 Å². The number of nitriles is 1. The van der Waals surface area contributed by atoms with Crippen LogP contribution in [0.2, 0.25) is 0 Å². The van der Waals surface area contributed by atoms with Gasteiger partial charge in [0.2, 0.25) is 23.6 Å². The van der Waals surface area contributed by atoms with Crippen molar-refractivity contribution in [2.75, 3.05) is 136 Å². The highest BCUT2D eigenvalue weighted by molar-refractivity contribution is 14.1. The van der Waals surface area contributed by atoms with E-state index in [0.717, 1.165) is 32.6 Å². The molecule has 4 heterocycles. The summed E-state index contributed by atoms with van der Waals surface area (Å²) in [5.41, 5.74) is 2.64. The summed E-state index contributed by atoms with van der Waals surface area (Å²) in [7, 11) is 1.89. The van der Waals surface area contributed by atoms with Crippen LogP contribution in [0.4, 0.5) is 14.5 Å². The van der Waals surface area contributed by atoms with Crippen LogP contribution in [0.5, 0.6) is 0 Å². The molecule has 0 bridgehead atoms. The summed E-state index contributed by atoms with van der Waals surface area (Å²) in [6, 6.07) is 11.5. The molecule has 4 atom stereocenters. The van der Waals surface area contributed by atoms with Gasteiger partial charge in [0.15, 0.2) is 0 Å². The zero-order valence-corrected chi connectivity index (χ0v) is 55.0. The van der Waals surface area contributed by atoms with Gasteiger partial charge in [-0.05, 0) is 122 Å². The number of pyridine rings is 1. The number of aliphatic carboxylic acids is 5. The Morgan fingerprint density at radius 1 is 0.681 bits per heavy atom. The molecule has 3 aliphatic heterocycles. The van der Waals surface area contributed by atoms with E-state index in [0.29, 0.717) is 82.4 Å². The summed E-state index contributed by atoms with van der Waals surface area (Å²) in [6.45, 7) is 0.833. The second kappa shape index (κ2) is 37.4. The molecule has 0 spiro atoms. The minimum Gasteiger partial charge on any atom is -0.480 e. The Morgan fingerprint density at radius 3 is 1.85 bits per heavy atom. The van der Waals surface area contributed by atoms with E-state index in [1.54, 1.807) is 28.0 Å². The van der Waals surface area contributed by atoms with Gasteiger partial charge in [-0.1, -0.05) is 12.1 Å². The molecule has 0 saturated carbocycles. The number of likely N-dealkylation sites (tertiary alicyclic amines) is 1. The number of nitrogens with one attached hydrogen (secondary N) is 3. The number of carbonyl (C=O) groups is 10. The summed E-state index contributed by atoms with van der Waals surface area (Å²) in [5.74, 6) is -12.0. The molecule has 8 N–H and O–H groups in total. The number of carboxylic acid groups (broad SMARTS) is 5. The van der Waals surface area contributed by atoms with Crippen molar-refractivity contribution in [3.05, 3.63) is 69.4 Å². The Hall–Kier alpha value is -7.77. The maximum atomic E-state index is 14.0. The molecule has 0 aliphatic carbocycles. The largest absolute Gasteiger partial charge is 0.480 e. The summed E-state index contributed by atoms with van der Waals surface area (Å²) < 4.78 is 29.0. The van der Waals surface area contributed by atoms with Gasteiger partial charge in [0, 0.05) is 145 Å². The molecule has 514 valence electrons. The molecule has 31 heteroatoms. The van der Waals surface area contributed by atoms with Crippen LogP contribution in [-0.4, -0.2) is 286 Å². The third-order valence-corrected chi connectivity index (χ3v) is 17.9. The minimum absolute atomic E-state index is 0.00248. The Morgan fingerprint density at radius 2 is 1.28 bits per heavy atom. The van der Waals surface area contributed by atoms with E-state index >= 15 is 0 Å². The van der Waals surface area contributed by atoms with Gasteiger partial charge in [-0.25, -0.2) is 13.6 Å². The number of aromatic nitrogens is 1. The molecule has 28 nitrogen and oxygen atoms in total. The SMILES string of the molecule is CN(CCCN1CCN(C(=O)CCC(C(=O)O)N2CCN(CC(=O)O)CCN(C(CCC(=O)N[C@@H](CCCCNC(=O)CCCc3ccc(I)cc3)C(=O)O)C(=O)O)CCN(CC(=O)O)CC2)CC1)c1ccc2nccc(C(=O)NCC(=O)N3CC(F)(F)C[C@H]3C#N)c2c1. The maximum Gasteiger partial charge on any atom is 0.326 e. The van der Waals surface area contributed by atoms with E-state index in [4.69, 9.17) is 0 Å². The molecule has 94 heavy (non-hydrogen) atoms. The number of amides is 5. The third-order valence-electron chi connectivity index (χ3n) is 17.2. The van der Waals surface area contributed by atoms with Crippen LogP contribution in [0.3, 0.4) is 0 Å². The molecule has 6 rings (SSSR count). The summed E-state index contributed by atoms with van der Waals surface area (Å²) in [6.07, 6.45) is 3.11. The number of carbonyl (C=O) groups excluding carboxylic acids is 5. The fourth-order valence-corrected chi connectivity index (χ4v) is 12.2. The van der Waals surface area contributed by atoms with E-state index in [1.807, 2.05) is 42.3 Å². The predicted octanol–water partition coefficient (Wildman–Crippen LogP) is 2.04. The summed E-state index contributed by atoms with van der Waals surface area (Å²) in [5, 5.41) is 68.5. The molecule has 3 aliphatic rings. The molecular formula is C63H86F2IN13O15. The number of nitrogens with zero attached hydrogens (tertiary/aromatic N) is 10. The van der Waals surface area contributed by atoms with Gasteiger partial charge < -0.3 is 56.2 Å². The molecule has 3 aromatic rings. The average molecular weight is 1430 g/mol. The number of hydrogen-bond donors (Lipinski definition) is 8. The average Bonchev–Trinajstić information content (AvgIpc) is 1.09. The van der Waals surface area contributed by atoms with Crippen molar-refractivity contribution in [3.8, 4) is 6.07 Å². The number of halogens is 3. The van der Waals surface area contributed by atoms with Gasteiger partial charge >= 0.3 is 29.8 Å². The van der Waals surface area contributed by atoms with Gasteiger partial charge in [-0.15, -0.1) is 0 Å². The molecule has 2 unspecified atom stereocenters. The lowest BCUT2D eigenvalue weighted by Gasteiger charge is -2.37. The Labute approximate surface area is 557 Å². The highest BCUT2D eigenvalue weighted by Crippen LogP contribution is 2.32. The van der Waals surface area contributed by atoms with Gasteiger partial charge in [0.1, 0.15) is 24.2 Å². The smallest absolute Gasteiger partial charge is 0.326 e. The fourth-order valence-electron chi connectivity index (χ4n) is 11.9. The second-order valence-corrected chi connectivity index (χ2v) is 25.2. The normalized spacial score (nSPS) is 18.1. The monoisotopic (exact) mass is 1430 g/mol. The number of benzene rings is 2. The standard InChI is InChI=1S/C63H86F2IN13O15/c1-72(45-13-14-49-48(36-45)47(19-21-68-49)59(88)70-39-56(83)79-42-63(64,65)37-46(79)38-67)22-5-23-73-24-34-78(35-25-73)55(82)18-16-52(62(93)94)77-32-28-74(40-57(84)85)26-30-76(31-27-75(29-33-77)41-58(86)87)51(61(91)92)15-17-54(81)71-50(60(89)90)7-2-3-20-69-53(80)8-4-6-43-9-11-44(66)12-10-43/h9-14,19,21,36,46,50-52H,2-8,15-18,20,22-35,37,39-42H2,1H3,(H,69,80)(H,70,88)(H,71,81)(H,84,85)(H,86,87)(H,89,90)(H,91,92)(H,93,94)/t46-,50-,51?,52?/m0/s1. The molecule has 3 fully saturated rings. The predicted molar refractivity (Wildman–Crippen MR) is 347 cm³/mol. The van der Waals surface area contributed by atoms with Gasteiger partial charge in [-0.2, -0.15) is 5.26 Å². The molecule has 3 saturated heterocycles. The minimum atomic E-state index is -3.20. The zero-order chi connectivity index (χ0) is 68.5. The first-order valence-corrected chi connectivity index (χ1v) is 32.7. The molecule has 1 aromatic heterocycles. The fraction of sp³-hybridized carbons (Fsp3) is 0.587. The number of alkyl halides is 2. The number of hydrogen-bond acceptors (Lipinski definition) is 18. The molecule has 5 amide bonds. The Balaban J connectivity index is 0.958. The second-order valence-electron chi connectivity index (χ2n) is 23.9. The van der Waals surface area contributed by atoms with E-state index in [-0.39, 0.29) is 102 Å². The van der Waals surface area contributed by atoms with Crippen molar-refractivity contribution in [3.63, 3.8) is 0 Å². The van der Waals surface area contributed by atoms with E-state index < -0.39 is 110 Å². The van der Waals surface area contributed by atoms with Crippen molar-refractivity contribution in [1.82, 2.24) is 55.2 Å². The van der Waals surface area contributed by atoms with Gasteiger partial charge in [-0.3, -0.25) is 72.6 Å². The number of rotatable bonds is 33. The van der Waals surface area contributed by atoms with Crippen LogP contribution >= 0.6 is 22.6 Å². The highest BCUT2D eigenvalue weighted by Gasteiger charge is 2.47. The zero-order valence-electron chi connectivity index (χ0n) is 52.9. The number of carboxylic acids is 5. The summed E-state index contributed by atoms with van der Waals surface area (Å²) >= 11 is 2.22. The number of fused-ring (bicyclic) bond motifs is 1. The van der Waals surface area contributed by atoms with Crippen LogP contribution in [0, 0.1) is 14.9 Å². The maximum absolute atomic E-state index is 14.0. The lowest BCUT2D eigenvalue weighted by atomic mass is 10.1. The van der Waals surface area contributed by atoms with E-state index in [2.05, 4.69) is 48.4 Å². The van der Waals surface area contributed by atoms with Crippen molar-refractivity contribution in [1.29, 1.82) is 5.26 Å². The highest BCUT2D eigenvalue weighted by atomic mass is 127. The van der Waals surface area contributed by atoms with E-state index in [9.17, 15) is 87.5 Å². The Kier molecular flexibility index (Phi) is 29.9. The number of piperazine rings is 1. The lowest BCUT2D eigenvalue weighted by Crippen LogP contribution is -2.53. The van der Waals surface area contributed by atoms with Crippen molar-refractivity contribution >= 4 is 98.6 Å². The van der Waals surface area contributed by atoms with Crippen LogP contribution in [0.15, 0.2) is 54.7 Å². The van der Waals surface area contributed by atoms with Gasteiger partial charge in [0.05, 0.1) is 43.3 Å². The number of anilines is 1. The first-order valence-electron chi connectivity index (χ1n) is 31.6. The summed E-state index contributed by atoms with van der Waals surface area (Å²) in [4.78, 5) is 145. The molecule has 0 radical (unpaired) electrons. The van der Waals surface area contributed by atoms with E-state index in [1.165, 1.54) is 27.0 Å².